The second-order valence-electron chi connectivity index (χ2n) is 16.5. The molecule has 0 aliphatic heterocycles. The van der Waals surface area contributed by atoms with Crippen molar-refractivity contribution in [2.24, 2.45) is 50.2 Å². The summed E-state index contributed by atoms with van der Waals surface area (Å²) in [6.45, 7) is 23.9. The summed E-state index contributed by atoms with van der Waals surface area (Å²) >= 11 is 0. The first-order valence-corrected chi connectivity index (χ1v) is 15.5. The largest absolute Gasteiger partial charge is 0.377 e. The molecule has 0 N–H and O–H groups in total. The minimum absolute atomic E-state index is 0.159. The third kappa shape index (κ3) is 3.68. The average molecular weight is 512 g/mol. The first kappa shape index (κ1) is 27.9. The molecule has 3 heteroatoms. The lowest BCUT2D eigenvalue weighted by Crippen LogP contribution is -2.69. The quantitative estimate of drug-likeness (QED) is 0.359. The predicted octanol–water partition coefficient (Wildman–Crippen LogP) is 7.93. The second kappa shape index (κ2) is 8.66. The number of carbonyl (C=O) groups is 1. The number of hydrogen-bond donors (Lipinski definition) is 0. The Bertz CT molecular complexity index is 949. The fourth-order valence-electron chi connectivity index (χ4n) is 11.7. The maximum absolute atomic E-state index is 13.3. The van der Waals surface area contributed by atoms with Crippen LogP contribution in [0, 0.1) is 50.2 Å². The van der Waals surface area contributed by atoms with Crippen molar-refractivity contribution in [2.75, 3.05) is 27.2 Å². The average Bonchev–Trinajstić information content (AvgIpc) is 3.00. The van der Waals surface area contributed by atoms with Gasteiger partial charge in [0.15, 0.2) is 0 Å². The number of likely N-dealkylation sites (N-methyl/N-ethyl adjacent to an activating group) is 1. The minimum Gasteiger partial charge on any atom is -0.377 e. The number of Topliss-reactive ketones (excluding diaryl/α,β-unsaturated/α-hetero) is 1. The van der Waals surface area contributed by atoms with Crippen LogP contribution in [-0.4, -0.2) is 44.0 Å². The van der Waals surface area contributed by atoms with Crippen molar-refractivity contribution in [3.05, 3.63) is 12.2 Å². The smallest absolute Gasteiger partial charge is 0.138 e. The highest BCUT2D eigenvalue weighted by Gasteiger charge is 2.71. The summed E-state index contributed by atoms with van der Waals surface area (Å²) < 4.78 is 6.89. The zero-order valence-electron chi connectivity index (χ0n) is 25.8. The lowest BCUT2D eigenvalue weighted by molar-refractivity contribution is -0.259. The Morgan fingerprint density at radius 1 is 0.892 bits per heavy atom. The van der Waals surface area contributed by atoms with Crippen LogP contribution in [-0.2, 0) is 9.53 Å². The van der Waals surface area contributed by atoms with E-state index in [1.165, 1.54) is 44.9 Å². The van der Waals surface area contributed by atoms with Crippen molar-refractivity contribution in [1.29, 1.82) is 0 Å². The second-order valence-corrected chi connectivity index (χ2v) is 16.5. The molecule has 0 amide bonds. The Labute approximate surface area is 228 Å². The third-order valence-electron chi connectivity index (χ3n) is 14.2. The summed E-state index contributed by atoms with van der Waals surface area (Å²) in [5.74, 6) is 2.20. The first-order valence-electron chi connectivity index (χ1n) is 15.5. The van der Waals surface area contributed by atoms with Crippen molar-refractivity contribution >= 4 is 5.78 Å². The molecule has 8 atom stereocenters. The van der Waals surface area contributed by atoms with E-state index in [4.69, 9.17) is 4.74 Å². The van der Waals surface area contributed by atoms with Crippen molar-refractivity contribution in [3.63, 3.8) is 0 Å². The van der Waals surface area contributed by atoms with Crippen LogP contribution >= 0.6 is 0 Å². The number of allylic oxidation sites excluding steroid dienone is 1. The van der Waals surface area contributed by atoms with Crippen molar-refractivity contribution in [3.8, 4) is 0 Å². The van der Waals surface area contributed by atoms with E-state index in [0.717, 1.165) is 38.3 Å². The maximum Gasteiger partial charge on any atom is 0.138 e. The van der Waals surface area contributed by atoms with Crippen LogP contribution in [0.15, 0.2) is 12.2 Å². The topological polar surface area (TPSA) is 29.5 Å². The summed E-state index contributed by atoms with van der Waals surface area (Å²) in [6.07, 6.45) is 12.2. The van der Waals surface area contributed by atoms with Gasteiger partial charge in [-0.05, 0) is 111 Å². The Hall–Kier alpha value is -0.670. The Balaban J connectivity index is 1.53. The van der Waals surface area contributed by atoms with Crippen molar-refractivity contribution < 1.29 is 9.53 Å². The summed E-state index contributed by atoms with van der Waals surface area (Å²) in [5.41, 5.74) is 2.68. The fourth-order valence-corrected chi connectivity index (χ4v) is 11.7. The molecule has 0 aromatic heterocycles. The van der Waals surface area contributed by atoms with Crippen molar-refractivity contribution in [1.82, 2.24) is 4.90 Å². The monoisotopic (exact) mass is 511 g/mol. The molecule has 5 saturated carbocycles. The van der Waals surface area contributed by atoms with Gasteiger partial charge in [0.25, 0.3) is 0 Å². The molecule has 5 fully saturated rings. The maximum atomic E-state index is 13.3. The highest BCUT2D eigenvalue weighted by Crippen LogP contribution is 2.77. The molecule has 3 nitrogen and oxygen atoms in total. The summed E-state index contributed by atoms with van der Waals surface area (Å²) in [5, 5.41) is 0. The van der Waals surface area contributed by atoms with E-state index in [2.05, 4.69) is 74.0 Å². The SMILES string of the molecule is C=C1CCC(C)(C)[C@@]12CC[C@]1(C)[C@H](CC[C@@H]3[C@@]4(C)CCC(=O)C(C)(C)[C@@H]4[C@H](OCCN(C)C)C[C@]31C)C2. The first-order chi connectivity index (χ1) is 17.1. The Morgan fingerprint density at radius 3 is 2.22 bits per heavy atom. The molecule has 0 aromatic carbocycles. The van der Waals surface area contributed by atoms with E-state index in [1.54, 1.807) is 5.57 Å². The van der Waals surface area contributed by atoms with E-state index < -0.39 is 0 Å². The molecule has 0 saturated heterocycles. The molecule has 5 aliphatic rings. The molecule has 210 valence electrons. The van der Waals surface area contributed by atoms with Gasteiger partial charge >= 0.3 is 0 Å². The number of carbonyl (C=O) groups excluding carboxylic acids is 1. The van der Waals surface area contributed by atoms with Gasteiger partial charge in [0.2, 0.25) is 0 Å². The van der Waals surface area contributed by atoms with Gasteiger partial charge in [-0.15, -0.1) is 0 Å². The van der Waals surface area contributed by atoms with Gasteiger partial charge in [-0.1, -0.05) is 60.6 Å². The lowest BCUT2D eigenvalue weighted by Gasteiger charge is -2.73. The van der Waals surface area contributed by atoms with Gasteiger partial charge in [0.05, 0.1) is 12.7 Å². The molecule has 0 bridgehead atoms. The Kier molecular flexibility index (Phi) is 6.53. The molecule has 1 spiro atoms. The summed E-state index contributed by atoms with van der Waals surface area (Å²) in [4.78, 5) is 15.6. The van der Waals surface area contributed by atoms with E-state index >= 15 is 0 Å². The standard InChI is InChI=1S/C34H57NO2/c1-23-13-15-29(2,3)34(23)18-17-32(7)24(21-34)11-12-26-31(6)16-14-27(36)30(4,5)28(31)25(22-33(26,32)8)37-20-19-35(9)10/h24-26,28H,1,11-22H2,2-10H3/t24-,25-,26-,28+,31-,32-,33-,34-/m1/s1. The third-order valence-corrected chi connectivity index (χ3v) is 14.2. The highest BCUT2D eigenvalue weighted by atomic mass is 16.5. The van der Waals surface area contributed by atoms with Gasteiger partial charge in [-0.3, -0.25) is 4.79 Å². The fraction of sp³-hybridized carbons (Fsp3) is 0.912. The van der Waals surface area contributed by atoms with E-state index in [9.17, 15) is 4.79 Å². The van der Waals surface area contributed by atoms with E-state index in [-0.39, 0.29) is 22.3 Å². The molecule has 5 rings (SSSR count). The molecule has 5 aliphatic carbocycles. The van der Waals surface area contributed by atoms with Gasteiger partial charge in [-0.2, -0.15) is 0 Å². The zero-order chi connectivity index (χ0) is 27.2. The predicted molar refractivity (Wildman–Crippen MR) is 153 cm³/mol. The van der Waals surface area contributed by atoms with Gasteiger partial charge in [-0.25, -0.2) is 0 Å². The molecular weight excluding hydrogens is 454 g/mol. The number of nitrogens with zero attached hydrogens (tertiary/aromatic N) is 1. The van der Waals surface area contributed by atoms with Crippen LogP contribution in [0.5, 0.6) is 0 Å². The van der Waals surface area contributed by atoms with Crippen LogP contribution in [0.2, 0.25) is 0 Å². The molecule has 37 heavy (non-hydrogen) atoms. The molecule has 0 heterocycles. The van der Waals surface area contributed by atoms with Gasteiger partial charge in [0.1, 0.15) is 5.78 Å². The summed E-state index contributed by atoms with van der Waals surface area (Å²) in [7, 11) is 4.26. The Morgan fingerprint density at radius 2 is 1.59 bits per heavy atom. The van der Waals surface area contributed by atoms with Gasteiger partial charge < -0.3 is 9.64 Å². The number of hydrogen-bond acceptors (Lipinski definition) is 3. The van der Waals surface area contributed by atoms with Crippen LogP contribution in [0.4, 0.5) is 0 Å². The van der Waals surface area contributed by atoms with E-state index in [1.807, 2.05) is 0 Å². The minimum atomic E-state index is -0.308. The summed E-state index contributed by atoms with van der Waals surface area (Å²) in [6, 6.07) is 0. The molecule has 0 unspecified atom stereocenters. The van der Waals surface area contributed by atoms with Crippen molar-refractivity contribution in [2.45, 2.75) is 119 Å². The molecule has 0 radical (unpaired) electrons. The van der Waals surface area contributed by atoms with Crippen LogP contribution in [0.3, 0.4) is 0 Å². The normalized spacial score (nSPS) is 48.6. The number of ketones is 1. The van der Waals surface area contributed by atoms with Gasteiger partial charge in [0, 0.05) is 24.3 Å². The number of rotatable bonds is 4. The van der Waals surface area contributed by atoms with E-state index in [0.29, 0.717) is 33.9 Å². The lowest BCUT2D eigenvalue weighted by atomic mass is 9.32. The molecule has 0 aromatic rings. The highest BCUT2D eigenvalue weighted by molar-refractivity contribution is 5.85. The van der Waals surface area contributed by atoms with Crippen LogP contribution in [0.25, 0.3) is 0 Å². The zero-order valence-corrected chi connectivity index (χ0v) is 25.8. The number of fused-ring (bicyclic) bond motifs is 5. The number of ether oxygens (including phenoxy) is 1. The molecular formula is C34H57NO2. The van der Waals surface area contributed by atoms with Crippen LogP contribution in [0.1, 0.15) is 113 Å². The van der Waals surface area contributed by atoms with Crippen LogP contribution < -0.4 is 0 Å².